The maximum absolute atomic E-state index is 12.4. The van der Waals surface area contributed by atoms with Crippen LogP contribution in [0.2, 0.25) is 0 Å². The van der Waals surface area contributed by atoms with Gasteiger partial charge in [0, 0.05) is 12.6 Å². The first-order valence-corrected chi connectivity index (χ1v) is 7.26. The molecule has 5 heteroatoms. The number of carbonyl (C=O) groups excluding carboxylic acids is 1. The molecule has 0 aromatic heterocycles. The van der Waals surface area contributed by atoms with Crippen molar-refractivity contribution < 1.29 is 14.7 Å². The lowest BCUT2D eigenvalue weighted by molar-refractivity contribution is -0.145. The number of carboxylic acid groups (broad SMARTS) is 1. The Morgan fingerprint density at radius 2 is 2.05 bits per heavy atom. The minimum atomic E-state index is -0.743. The maximum atomic E-state index is 12.4. The van der Waals surface area contributed by atoms with Crippen LogP contribution in [0.3, 0.4) is 0 Å². The number of aliphatic carboxylic acids is 1. The molecular formula is C14H22N2O3. The van der Waals surface area contributed by atoms with E-state index in [-0.39, 0.29) is 29.2 Å². The fourth-order valence-corrected chi connectivity index (χ4v) is 4.19. The average molecular weight is 266 g/mol. The minimum absolute atomic E-state index is 0.0290. The van der Waals surface area contributed by atoms with Crippen LogP contribution in [-0.2, 0) is 9.59 Å². The summed E-state index contributed by atoms with van der Waals surface area (Å²) in [5.41, 5.74) is -0.370. The summed E-state index contributed by atoms with van der Waals surface area (Å²) in [6.07, 6.45) is 3.87. The van der Waals surface area contributed by atoms with Crippen LogP contribution in [0.5, 0.6) is 0 Å². The third-order valence-corrected chi connectivity index (χ3v) is 5.42. The molecule has 19 heavy (non-hydrogen) atoms. The molecule has 1 aliphatic heterocycles. The molecule has 5 unspecified atom stereocenters. The Morgan fingerprint density at radius 3 is 2.68 bits per heavy atom. The predicted octanol–water partition coefficient (Wildman–Crippen LogP) is 0.602. The van der Waals surface area contributed by atoms with Gasteiger partial charge in [0.2, 0.25) is 5.91 Å². The standard InChI is InChI=1S/C14H22N2O3/c1-14(4-5-15-7-14)13(19)16-11-9-3-2-8(6-9)10(11)12(17)18/h8-11,15H,2-7H2,1H3,(H,16,19)(H,17,18). The van der Waals surface area contributed by atoms with Gasteiger partial charge in [-0.25, -0.2) is 0 Å². The number of amides is 1. The summed E-state index contributed by atoms with van der Waals surface area (Å²) in [6, 6.07) is -0.152. The van der Waals surface area contributed by atoms with Crippen LogP contribution in [0.25, 0.3) is 0 Å². The van der Waals surface area contributed by atoms with Gasteiger partial charge >= 0.3 is 5.97 Å². The molecule has 5 atom stereocenters. The first-order valence-electron chi connectivity index (χ1n) is 7.26. The lowest BCUT2D eigenvalue weighted by Gasteiger charge is -2.32. The molecule has 3 N–H and O–H groups in total. The molecule has 2 saturated carbocycles. The molecule has 0 radical (unpaired) electrons. The number of carboxylic acids is 1. The van der Waals surface area contributed by atoms with Crippen molar-refractivity contribution in [3.05, 3.63) is 0 Å². The highest BCUT2D eigenvalue weighted by Crippen LogP contribution is 2.48. The van der Waals surface area contributed by atoms with Gasteiger partial charge < -0.3 is 15.7 Å². The SMILES string of the molecule is CC1(C(=O)NC2C3CCC(C3)C2C(=O)O)CCNC1. The molecule has 3 rings (SSSR count). The van der Waals surface area contributed by atoms with E-state index in [2.05, 4.69) is 10.6 Å². The molecular weight excluding hydrogens is 244 g/mol. The van der Waals surface area contributed by atoms with Gasteiger partial charge in [-0.1, -0.05) is 0 Å². The second kappa shape index (κ2) is 4.47. The maximum Gasteiger partial charge on any atom is 0.308 e. The Bertz CT molecular complexity index is 403. The summed E-state index contributed by atoms with van der Waals surface area (Å²) in [5, 5.41) is 15.7. The number of rotatable bonds is 3. The van der Waals surface area contributed by atoms with Crippen molar-refractivity contribution in [3.63, 3.8) is 0 Å². The number of nitrogens with one attached hydrogen (secondary N) is 2. The monoisotopic (exact) mass is 266 g/mol. The predicted molar refractivity (Wildman–Crippen MR) is 69.5 cm³/mol. The van der Waals surface area contributed by atoms with Crippen molar-refractivity contribution in [1.82, 2.24) is 10.6 Å². The van der Waals surface area contributed by atoms with Gasteiger partial charge in [0.25, 0.3) is 0 Å². The van der Waals surface area contributed by atoms with E-state index in [9.17, 15) is 14.7 Å². The van der Waals surface area contributed by atoms with Gasteiger partial charge in [-0.3, -0.25) is 9.59 Å². The lowest BCUT2D eigenvalue weighted by atomic mass is 9.82. The molecule has 1 saturated heterocycles. The highest BCUT2D eigenvalue weighted by Gasteiger charge is 2.52. The van der Waals surface area contributed by atoms with Crippen molar-refractivity contribution in [2.24, 2.45) is 23.2 Å². The molecule has 2 bridgehead atoms. The van der Waals surface area contributed by atoms with Crippen LogP contribution in [0.1, 0.15) is 32.6 Å². The zero-order valence-corrected chi connectivity index (χ0v) is 11.3. The highest BCUT2D eigenvalue weighted by atomic mass is 16.4. The molecule has 0 aromatic carbocycles. The molecule has 5 nitrogen and oxygen atoms in total. The van der Waals surface area contributed by atoms with E-state index in [0.29, 0.717) is 12.5 Å². The largest absolute Gasteiger partial charge is 0.481 e. The number of hydrogen-bond acceptors (Lipinski definition) is 3. The van der Waals surface area contributed by atoms with E-state index < -0.39 is 5.97 Å². The van der Waals surface area contributed by atoms with Crippen molar-refractivity contribution in [2.75, 3.05) is 13.1 Å². The normalized spacial score (nSPS) is 44.5. The number of hydrogen-bond donors (Lipinski definition) is 3. The number of fused-ring (bicyclic) bond motifs is 2. The van der Waals surface area contributed by atoms with Crippen molar-refractivity contribution >= 4 is 11.9 Å². The first kappa shape index (κ1) is 12.9. The fraction of sp³-hybridized carbons (Fsp3) is 0.857. The van der Waals surface area contributed by atoms with Crippen LogP contribution in [0, 0.1) is 23.2 Å². The van der Waals surface area contributed by atoms with Crippen molar-refractivity contribution in [2.45, 2.75) is 38.6 Å². The molecule has 0 spiro atoms. The van der Waals surface area contributed by atoms with Gasteiger partial charge in [0.15, 0.2) is 0 Å². The molecule has 2 aliphatic carbocycles. The smallest absolute Gasteiger partial charge is 0.308 e. The highest BCUT2D eigenvalue weighted by molar-refractivity contribution is 5.84. The summed E-state index contributed by atoms with van der Waals surface area (Å²) in [5.74, 6) is -0.454. The van der Waals surface area contributed by atoms with Crippen LogP contribution < -0.4 is 10.6 Å². The van der Waals surface area contributed by atoms with E-state index in [0.717, 1.165) is 32.2 Å². The molecule has 1 amide bonds. The molecule has 1 heterocycles. The Morgan fingerprint density at radius 1 is 1.32 bits per heavy atom. The van der Waals surface area contributed by atoms with Gasteiger partial charge in [-0.2, -0.15) is 0 Å². The summed E-state index contributed by atoms with van der Waals surface area (Å²) < 4.78 is 0. The summed E-state index contributed by atoms with van der Waals surface area (Å²) in [7, 11) is 0. The summed E-state index contributed by atoms with van der Waals surface area (Å²) in [4.78, 5) is 23.8. The fourth-order valence-electron chi connectivity index (χ4n) is 4.19. The van der Waals surface area contributed by atoms with Gasteiger partial charge in [0.05, 0.1) is 11.3 Å². The van der Waals surface area contributed by atoms with Gasteiger partial charge in [-0.05, 0) is 51.0 Å². The van der Waals surface area contributed by atoms with E-state index >= 15 is 0 Å². The number of carbonyl (C=O) groups is 2. The van der Waals surface area contributed by atoms with Crippen molar-refractivity contribution in [3.8, 4) is 0 Å². The second-order valence-corrected chi connectivity index (χ2v) is 6.68. The Hall–Kier alpha value is -1.10. The van der Waals surface area contributed by atoms with Crippen molar-refractivity contribution in [1.29, 1.82) is 0 Å². The zero-order valence-electron chi connectivity index (χ0n) is 11.3. The topological polar surface area (TPSA) is 78.4 Å². The van der Waals surface area contributed by atoms with Gasteiger partial charge in [0.1, 0.15) is 0 Å². The van der Waals surface area contributed by atoms with Crippen LogP contribution in [0.15, 0.2) is 0 Å². The molecule has 3 aliphatic rings. The van der Waals surface area contributed by atoms with Crippen LogP contribution in [-0.4, -0.2) is 36.1 Å². The van der Waals surface area contributed by atoms with E-state index in [1.165, 1.54) is 0 Å². The lowest BCUT2D eigenvalue weighted by Crippen LogP contribution is -2.51. The molecule has 0 aromatic rings. The zero-order chi connectivity index (χ0) is 13.6. The molecule has 106 valence electrons. The summed E-state index contributed by atoms with van der Waals surface area (Å²) >= 11 is 0. The Balaban J connectivity index is 1.72. The van der Waals surface area contributed by atoms with E-state index in [1.54, 1.807) is 0 Å². The van der Waals surface area contributed by atoms with Crippen LogP contribution in [0.4, 0.5) is 0 Å². The third kappa shape index (κ3) is 2.04. The van der Waals surface area contributed by atoms with E-state index in [4.69, 9.17) is 0 Å². The first-order chi connectivity index (χ1) is 9.01. The Kier molecular flexibility index (Phi) is 3.04. The molecule has 3 fully saturated rings. The quantitative estimate of drug-likeness (QED) is 0.699. The van der Waals surface area contributed by atoms with Crippen LogP contribution >= 0.6 is 0 Å². The second-order valence-electron chi connectivity index (χ2n) is 6.68. The van der Waals surface area contributed by atoms with E-state index in [1.807, 2.05) is 6.92 Å². The average Bonchev–Trinajstić information content (AvgIpc) is 3.04. The third-order valence-electron chi connectivity index (χ3n) is 5.42. The Labute approximate surface area is 113 Å². The summed E-state index contributed by atoms with van der Waals surface area (Å²) in [6.45, 7) is 3.52. The minimum Gasteiger partial charge on any atom is -0.481 e. The van der Waals surface area contributed by atoms with Gasteiger partial charge in [-0.15, -0.1) is 0 Å².